The van der Waals surface area contributed by atoms with Crippen LogP contribution in [-0.4, -0.2) is 0 Å². The van der Waals surface area contributed by atoms with Gasteiger partial charge in [-0.25, -0.2) is 9.82 Å². The Bertz CT molecular complexity index is 341. The Hall–Kier alpha value is -1.37. The number of nitrogens with one attached hydrogen (secondary N) is 1. The third kappa shape index (κ3) is 1.86. The van der Waals surface area contributed by atoms with Crippen molar-refractivity contribution in [3.63, 3.8) is 0 Å². The van der Waals surface area contributed by atoms with E-state index in [9.17, 15) is 4.39 Å². The van der Waals surface area contributed by atoms with E-state index < -0.39 is 6.04 Å². The van der Waals surface area contributed by atoms with Crippen molar-refractivity contribution in [3.05, 3.63) is 35.1 Å². The summed E-state index contributed by atoms with van der Waals surface area (Å²) in [5.41, 5.74) is 3.33. The zero-order chi connectivity index (χ0) is 9.84. The minimum absolute atomic E-state index is 0.302. The molecule has 1 rings (SSSR count). The molecule has 0 aliphatic heterocycles. The van der Waals surface area contributed by atoms with Gasteiger partial charge >= 0.3 is 0 Å². The van der Waals surface area contributed by atoms with E-state index in [1.807, 2.05) is 0 Å². The molecule has 0 heterocycles. The molecule has 0 fully saturated rings. The summed E-state index contributed by atoms with van der Waals surface area (Å²) in [5.74, 6) is 7.23. The Balaban J connectivity index is 3.15. The van der Waals surface area contributed by atoms with Crippen molar-refractivity contribution in [1.82, 2.24) is 5.43 Å². The minimum atomic E-state index is -0.570. The first-order valence-electron chi connectivity index (χ1n) is 3.88. The predicted molar refractivity (Wildman–Crippen MR) is 50.0 cm³/mol. The molecule has 0 amide bonds. The van der Waals surface area contributed by atoms with Crippen LogP contribution >= 0.6 is 0 Å². The maximum Gasteiger partial charge on any atom is 0.131 e. The zero-order valence-electron chi connectivity index (χ0n) is 7.34. The molecule has 1 atom stereocenters. The van der Waals surface area contributed by atoms with Gasteiger partial charge in [-0.1, -0.05) is 24.1 Å². The SMILES string of the molecule is C#CC(NN)c1cccc(C)c1F. The van der Waals surface area contributed by atoms with E-state index in [0.717, 1.165) is 0 Å². The van der Waals surface area contributed by atoms with E-state index in [1.165, 1.54) is 0 Å². The molecule has 0 aliphatic carbocycles. The molecular formula is C10H11FN2. The highest BCUT2D eigenvalue weighted by Gasteiger charge is 2.12. The predicted octanol–water partition coefficient (Wildman–Crippen LogP) is 1.27. The number of hydrogen-bond donors (Lipinski definition) is 2. The highest BCUT2D eigenvalue weighted by molar-refractivity contribution is 5.31. The van der Waals surface area contributed by atoms with Crippen molar-refractivity contribution in [2.75, 3.05) is 0 Å². The van der Waals surface area contributed by atoms with E-state index in [2.05, 4.69) is 11.3 Å². The normalized spacial score (nSPS) is 12.2. The van der Waals surface area contributed by atoms with E-state index >= 15 is 0 Å². The molecule has 68 valence electrons. The number of benzene rings is 1. The molecule has 0 radical (unpaired) electrons. The molecule has 1 aromatic carbocycles. The van der Waals surface area contributed by atoms with Gasteiger partial charge in [0.15, 0.2) is 0 Å². The van der Waals surface area contributed by atoms with Crippen molar-refractivity contribution in [2.24, 2.45) is 5.84 Å². The molecule has 0 saturated carbocycles. The molecule has 0 saturated heterocycles. The Morgan fingerprint density at radius 2 is 2.31 bits per heavy atom. The summed E-state index contributed by atoms with van der Waals surface area (Å²) in [4.78, 5) is 0. The molecule has 0 aliphatic rings. The molecule has 0 spiro atoms. The molecular weight excluding hydrogens is 167 g/mol. The maximum absolute atomic E-state index is 13.4. The fraction of sp³-hybridized carbons (Fsp3) is 0.200. The quantitative estimate of drug-likeness (QED) is 0.406. The van der Waals surface area contributed by atoms with Gasteiger partial charge in [-0.05, 0) is 12.5 Å². The maximum atomic E-state index is 13.4. The van der Waals surface area contributed by atoms with Gasteiger partial charge in [0.1, 0.15) is 11.9 Å². The third-order valence-electron chi connectivity index (χ3n) is 1.87. The highest BCUT2D eigenvalue weighted by atomic mass is 19.1. The summed E-state index contributed by atoms with van der Waals surface area (Å²) in [6.07, 6.45) is 5.18. The Morgan fingerprint density at radius 3 is 2.85 bits per heavy atom. The van der Waals surface area contributed by atoms with Crippen LogP contribution in [-0.2, 0) is 0 Å². The second kappa shape index (κ2) is 4.04. The number of rotatable bonds is 2. The second-order valence-electron chi connectivity index (χ2n) is 2.74. The van der Waals surface area contributed by atoms with Gasteiger partial charge in [0.25, 0.3) is 0 Å². The van der Waals surface area contributed by atoms with Crippen LogP contribution < -0.4 is 11.3 Å². The fourth-order valence-corrected chi connectivity index (χ4v) is 1.12. The summed E-state index contributed by atoms with van der Waals surface area (Å²) in [6, 6.07) is 4.48. The lowest BCUT2D eigenvalue weighted by molar-refractivity contribution is 0.568. The summed E-state index contributed by atoms with van der Waals surface area (Å²) < 4.78 is 13.4. The Labute approximate surface area is 76.9 Å². The first-order chi connectivity index (χ1) is 6.20. The Morgan fingerprint density at radius 1 is 1.62 bits per heavy atom. The molecule has 3 heteroatoms. The first kappa shape index (κ1) is 9.72. The number of hydrogen-bond acceptors (Lipinski definition) is 2. The van der Waals surface area contributed by atoms with Crippen LogP contribution in [0, 0.1) is 25.1 Å². The molecule has 13 heavy (non-hydrogen) atoms. The number of nitrogens with two attached hydrogens (primary N) is 1. The van der Waals surface area contributed by atoms with Crippen LogP contribution in [0.25, 0.3) is 0 Å². The van der Waals surface area contributed by atoms with E-state index in [4.69, 9.17) is 12.3 Å². The summed E-state index contributed by atoms with van der Waals surface area (Å²) in [5, 5.41) is 0. The standard InChI is InChI=1S/C10H11FN2/c1-3-9(13-12)8-6-4-5-7(2)10(8)11/h1,4-6,9,13H,12H2,2H3. The highest BCUT2D eigenvalue weighted by Crippen LogP contribution is 2.18. The first-order valence-corrected chi connectivity index (χ1v) is 3.88. The topological polar surface area (TPSA) is 38.0 Å². The summed E-state index contributed by atoms with van der Waals surface area (Å²) in [6.45, 7) is 1.68. The average molecular weight is 178 g/mol. The molecule has 2 nitrogen and oxygen atoms in total. The van der Waals surface area contributed by atoms with Crippen molar-refractivity contribution < 1.29 is 4.39 Å². The van der Waals surface area contributed by atoms with E-state index in [1.54, 1.807) is 25.1 Å². The second-order valence-corrected chi connectivity index (χ2v) is 2.74. The monoisotopic (exact) mass is 178 g/mol. The van der Waals surface area contributed by atoms with Crippen molar-refractivity contribution in [2.45, 2.75) is 13.0 Å². The summed E-state index contributed by atoms with van der Waals surface area (Å²) >= 11 is 0. The van der Waals surface area contributed by atoms with Gasteiger partial charge in [-0.3, -0.25) is 5.84 Å². The lowest BCUT2D eigenvalue weighted by atomic mass is 10.0. The van der Waals surface area contributed by atoms with Crippen molar-refractivity contribution >= 4 is 0 Å². The van der Waals surface area contributed by atoms with Gasteiger partial charge in [0, 0.05) is 5.56 Å². The molecule has 0 aromatic heterocycles. The molecule has 3 N–H and O–H groups in total. The van der Waals surface area contributed by atoms with Crippen molar-refractivity contribution in [1.29, 1.82) is 0 Å². The number of hydrazine groups is 1. The van der Waals surface area contributed by atoms with Gasteiger partial charge in [-0.2, -0.15) is 0 Å². The molecule has 1 aromatic rings. The minimum Gasteiger partial charge on any atom is -0.270 e. The smallest absolute Gasteiger partial charge is 0.131 e. The number of halogens is 1. The fourth-order valence-electron chi connectivity index (χ4n) is 1.12. The van der Waals surface area contributed by atoms with Crippen LogP contribution in [0.2, 0.25) is 0 Å². The van der Waals surface area contributed by atoms with Crippen LogP contribution in [0.15, 0.2) is 18.2 Å². The van der Waals surface area contributed by atoms with E-state index in [0.29, 0.717) is 11.1 Å². The molecule has 0 bridgehead atoms. The Kier molecular flexibility index (Phi) is 3.02. The van der Waals surface area contributed by atoms with Crippen LogP contribution in [0.1, 0.15) is 17.2 Å². The van der Waals surface area contributed by atoms with Gasteiger partial charge in [0.2, 0.25) is 0 Å². The van der Waals surface area contributed by atoms with Gasteiger partial charge in [0.05, 0.1) is 0 Å². The lowest BCUT2D eigenvalue weighted by Gasteiger charge is -2.11. The largest absolute Gasteiger partial charge is 0.270 e. The van der Waals surface area contributed by atoms with Gasteiger partial charge in [-0.15, -0.1) is 6.42 Å². The van der Waals surface area contributed by atoms with Crippen molar-refractivity contribution in [3.8, 4) is 12.3 Å². The number of terminal acetylenes is 1. The number of aryl methyl sites for hydroxylation is 1. The van der Waals surface area contributed by atoms with Crippen LogP contribution in [0.4, 0.5) is 4.39 Å². The summed E-state index contributed by atoms with van der Waals surface area (Å²) in [7, 11) is 0. The average Bonchev–Trinajstić information content (AvgIpc) is 2.14. The lowest BCUT2D eigenvalue weighted by Crippen LogP contribution is -2.27. The van der Waals surface area contributed by atoms with Gasteiger partial charge < -0.3 is 0 Å². The zero-order valence-corrected chi connectivity index (χ0v) is 7.34. The third-order valence-corrected chi connectivity index (χ3v) is 1.87. The molecule has 1 unspecified atom stereocenters. The van der Waals surface area contributed by atoms with E-state index in [-0.39, 0.29) is 5.82 Å². The van der Waals surface area contributed by atoms with Crippen LogP contribution in [0.5, 0.6) is 0 Å². The van der Waals surface area contributed by atoms with Crippen LogP contribution in [0.3, 0.4) is 0 Å².